The monoisotopic (exact) mass is 358 g/mol. The van der Waals surface area contributed by atoms with Crippen LogP contribution in [0.1, 0.15) is 51.4 Å². The van der Waals surface area contributed by atoms with Gasteiger partial charge in [-0.25, -0.2) is 8.42 Å². The Morgan fingerprint density at radius 2 is 1.83 bits per heavy atom. The van der Waals surface area contributed by atoms with Gasteiger partial charge in [-0.2, -0.15) is 0 Å². The zero-order chi connectivity index (χ0) is 17.2. The number of ether oxygens (including phenoxy) is 1. The second kappa shape index (κ2) is 8.02. The van der Waals surface area contributed by atoms with Gasteiger partial charge in [0.25, 0.3) is 0 Å². The van der Waals surface area contributed by atoms with Crippen molar-refractivity contribution in [3.05, 3.63) is 0 Å². The van der Waals surface area contributed by atoms with Crippen molar-refractivity contribution in [3.8, 4) is 0 Å². The van der Waals surface area contributed by atoms with Gasteiger partial charge < -0.3 is 4.74 Å². The Balaban J connectivity index is 1.48. The molecule has 6 heteroatoms. The number of sulfone groups is 1. The van der Waals surface area contributed by atoms with E-state index in [1.165, 1.54) is 31.9 Å². The molecule has 2 heterocycles. The number of piperidine rings is 1. The van der Waals surface area contributed by atoms with Gasteiger partial charge in [-0.05, 0) is 70.3 Å². The summed E-state index contributed by atoms with van der Waals surface area (Å²) in [5.74, 6) is 1.33. The molecule has 0 aromatic carbocycles. The third-order valence-corrected chi connectivity index (χ3v) is 8.08. The number of hydrogen-bond acceptors (Lipinski definition) is 5. The molecule has 1 saturated carbocycles. The molecule has 0 amide bonds. The summed E-state index contributed by atoms with van der Waals surface area (Å²) in [4.78, 5) is 2.48. The van der Waals surface area contributed by atoms with E-state index in [1.54, 1.807) is 0 Å². The minimum absolute atomic E-state index is 0.0989. The van der Waals surface area contributed by atoms with Crippen LogP contribution in [0.3, 0.4) is 0 Å². The number of nitrogens with one attached hydrogen (secondary N) is 1. The molecule has 3 atom stereocenters. The van der Waals surface area contributed by atoms with Crippen molar-refractivity contribution >= 4 is 9.84 Å². The molecule has 0 aromatic rings. The van der Waals surface area contributed by atoms with E-state index in [2.05, 4.69) is 17.3 Å². The number of hydrogen-bond donors (Lipinski definition) is 1. The lowest BCUT2D eigenvalue weighted by Gasteiger charge is -2.42. The molecule has 0 radical (unpaired) electrons. The van der Waals surface area contributed by atoms with E-state index < -0.39 is 9.84 Å². The fourth-order valence-corrected chi connectivity index (χ4v) is 5.97. The van der Waals surface area contributed by atoms with E-state index in [-0.39, 0.29) is 5.25 Å². The Morgan fingerprint density at radius 1 is 1.08 bits per heavy atom. The minimum atomic E-state index is -2.86. The van der Waals surface area contributed by atoms with Crippen molar-refractivity contribution in [3.63, 3.8) is 0 Å². The molecule has 0 bridgehead atoms. The first-order valence-electron chi connectivity index (χ1n) is 9.66. The summed E-state index contributed by atoms with van der Waals surface area (Å²) in [5.41, 5.74) is 0. The van der Waals surface area contributed by atoms with Crippen LogP contribution in [0, 0.1) is 11.8 Å². The molecule has 3 rings (SSSR count). The van der Waals surface area contributed by atoms with Gasteiger partial charge in [-0.15, -0.1) is 0 Å². The van der Waals surface area contributed by atoms with Gasteiger partial charge in [0.15, 0.2) is 0 Å². The lowest BCUT2D eigenvalue weighted by Crippen LogP contribution is -2.54. The van der Waals surface area contributed by atoms with E-state index in [4.69, 9.17) is 4.74 Å². The van der Waals surface area contributed by atoms with Gasteiger partial charge in [0.2, 0.25) is 0 Å². The van der Waals surface area contributed by atoms with Gasteiger partial charge in [0.1, 0.15) is 9.84 Å². The third-order valence-electron chi connectivity index (χ3n) is 6.39. The SMILES string of the molecule is CN(CC1CCOC1)C1CCCC(C2CCC(S(C)(=O)=O)CC2)N1. The molecule has 3 unspecified atom stereocenters. The molecule has 2 aliphatic heterocycles. The highest BCUT2D eigenvalue weighted by Crippen LogP contribution is 2.33. The standard InChI is InChI=1S/C18H34N2O3S/c1-20(12-14-10-11-23-13-14)18-5-3-4-17(19-18)15-6-8-16(9-7-15)24(2,21)22/h14-19H,3-13H2,1-2H3. The maximum Gasteiger partial charge on any atom is 0.150 e. The molecule has 1 N–H and O–H groups in total. The van der Waals surface area contributed by atoms with Crippen molar-refractivity contribution < 1.29 is 13.2 Å². The Morgan fingerprint density at radius 3 is 2.46 bits per heavy atom. The van der Waals surface area contributed by atoms with Crippen LogP contribution in [0.25, 0.3) is 0 Å². The summed E-state index contributed by atoms with van der Waals surface area (Å²) in [6, 6.07) is 0.562. The van der Waals surface area contributed by atoms with E-state index in [0.29, 0.717) is 24.0 Å². The van der Waals surface area contributed by atoms with Crippen molar-refractivity contribution in [1.29, 1.82) is 0 Å². The largest absolute Gasteiger partial charge is 0.381 e. The van der Waals surface area contributed by atoms with Crippen molar-refractivity contribution in [2.75, 3.05) is 33.1 Å². The average Bonchev–Trinajstić information content (AvgIpc) is 3.07. The molecular formula is C18H34N2O3S. The van der Waals surface area contributed by atoms with Crippen LogP contribution in [-0.2, 0) is 14.6 Å². The van der Waals surface area contributed by atoms with Crippen molar-refractivity contribution in [2.24, 2.45) is 11.8 Å². The number of nitrogens with zero attached hydrogens (tertiary/aromatic N) is 1. The van der Waals surface area contributed by atoms with Crippen LogP contribution < -0.4 is 5.32 Å². The summed E-state index contributed by atoms with van der Waals surface area (Å²) >= 11 is 0. The molecule has 3 fully saturated rings. The predicted octanol–water partition coefficient (Wildman–Crippen LogP) is 2.03. The lowest BCUT2D eigenvalue weighted by molar-refractivity contribution is 0.0952. The molecule has 2 saturated heterocycles. The van der Waals surface area contributed by atoms with Crippen LogP contribution in [-0.4, -0.2) is 63.8 Å². The topological polar surface area (TPSA) is 58.6 Å². The summed E-state index contributed by atoms with van der Waals surface area (Å²) < 4.78 is 29.0. The van der Waals surface area contributed by atoms with Crippen LogP contribution in [0.4, 0.5) is 0 Å². The Hall–Kier alpha value is -0.170. The molecule has 0 aromatic heterocycles. The highest BCUT2D eigenvalue weighted by Gasteiger charge is 2.35. The predicted molar refractivity (Wildman–Crippen MR) is 96.7 cm³/mol. The van der Waals surface area contributed by atoms with E-state index >= 15 is 0 Å². The van der Waals surface area contributed by atoms with Gasteiger partial charge in [-0.1, -0.05) is 0 Å². The first-order valence-corrected chi connectivity index (χ1v) is 11.6. The molecular weight excluding hydrogens is 324 g/mol. The number of rotatable bonds is 5. The van der Waals surface area contributed by atoms with Gasteiger partial charge >= 0.3 is 0 Å². The van der Waals surface area contributed by atoms with Crippen LogP contribution >= 0.6 is 0 Å². The zero-order valence-corrected chi connectivity index (χ0v) is 16.1. The maximum absolute atomic E-state index is 11.7. The Bertz CT molecular complexity index is 496. The Kier molecular flexibility index (Phi) is 6.22. The average molecular weight is 359 g/mol. The summed E-state index contributed by atoms with van der Waals surface area (Å²) in [6.45, 7) is 2.95. The lowest BCUT2D eigenvalue weighted by atomic mass is 9.80. The quantitative estimate of drug-likeness (QED) is 0.815. The van der Waals surface area contributed by atoms with E-state index in [9.17, 15) is 8.42 Å². The summed E-state index contributed by atoms with van der Waals surface area (Å²) in [5, 5.41) is 3.79. The molecule has 3 aliphatic rings. The molecule has 0 spiro atoms. The molecule has 24 heavy (non-hydrogen) atoms. The highest BCUT2D eigenvalue weighted by molar-refractivity contribution is 7.91. The summed E-state index contributed by atoms with van der Waals surface area (Å²) in [7, 11) is -0.623. The van der Waals surface area contributed by atoms with E-state index in [1.807, 2.05) is 0 Å². The fourth-order valence-electron chi connectivity index (χ4n) is 4.85. The molecule has 1 aliphatic carbocycles. The van der Waals surface area contributed by atoms with Crippen LogP contribution in [0.5, 0.6) is 0 Å². The Labute approximate surface area is 147 Å². The first kappa shape index (κ1) is 18.6. The van der Waals surface area contributed by atoms with Crippen LogP contribution in [0.2, 0.25) is 0 Å². The second-order valence-electron chi connectivity index (χ2n) is 8.26. The fraction of sp³-hybridized carbons (Fsp3) is 1.00. The van der Waals surface area contributed by atoms with Gasteiger partial charge in [0.05, 0.1) is 18.0 Å². The maximum atomic E-state index is 11.7. The van der Waals surface area contributed by atoms with Gasteiger partial charge in [-0.3, -0.25) is 10.2 Å². The van der Waals surface area contributed by atoms with E-state index in [0.717, 1.165) is 45.4 Å². The highest BCUT2D eigenvalue weighted by atomic mass is 32.2. The smallest absolute Gasteiger partial charge is 0.150 e. The zero-order valence-electron chi connectivity index (χ0n) is 15.2. The molecule has 140 valence electrons. The molecule has 5 nitrogen and oxygen atoms in total. The minimum Gasteiger partial charge on any atom is -0.381 e. The van der Waals surface area contributed by atoms with Crippen LogP contribution in [0.15, 0.2) is 0 Å². The normalized spacial score (nSPS) is 38.5. The summed E-state index contributed by atoms with van der Waals surface area (Å²) in [6.07, 6.45) is 10.6. The van der Waals surface area contributed by atoms with Crippen molar-refractivity contribution in [1.82, 2.24) is 10.2 Å². The first-order chi connectivity index (χ1) is 11.4. The third kappa shape index (κ3) is 4.71. The van der Waals surface area contributed by atoms with Gasteiger partial charge in [0, 0.05) is 25.4 Å². The second-order valence-corrected chi connectivity index (χ2v) is 10.6. The van der Waals surface area contributed by atoms with Crippen molar-refractivity contribution in [2.45, 2.75) is 68.8 Å².